The van der Waals surface area contributed by atoms with Crippen LogP contribution in [0.3, 0.4) is 0 Å². The molecule has 4 nitrogen and oxygen atoms in total. The van der Waals surface area contributed by atoms with Gasteiger partial charge in [0.25, 0.3) is 0 Å². The van der Waals surface area contributed by atoms with Gasteiger partial charge in [0.05, 0.1) is 0 Å². The van der Waals surface area contributed by atoms with Gasteiger partial charge >= 0.3 is 0 Å². The van der Waals surface area contributed by atoms with Gasteiger partial charge in [0.2, 0.25) is 11.8 Å². The van der Waals surface area contributed by atoms with E-state index in [1.54, 1.807) is 0 Å². The summed E-state index contributed by atoms with van der Waals surface area (Å²) in [5, 5.41) is 5.63. The molecule has 1 saturated heterocycles. The average molecular weight is 272 g/mol. The predicted octanol–water partition coefficient (Wildman–Crippen LogP) is 1.57. The van der Waals surface area contributed by atoms with Crippen LogP contribution in [0.15, 0.2) is 42.0 Å². The highest BCUT2D eigenvalue weighted by Crippen LogP contribution is 2.11. The molecule has 106 valence electrons. The van der Waals surface area contributed by atoms with Gasteiger partial charge in [-0.25, -0.2) is 0 Å². The summed E-state index contributed by atoms with van der Waals surface area (Å²) >= 11 is 0. The summed E-state index contributed by atoms with van der Waals surface area (Å²) in [6.45, 7) is 3.88. The number of nitrogens with one attached hydrogen (secondary N) is 2. The SMILES string of the molecule is C/C=C(\C)CC1NC(=O)C(Cc2ccccc2)NC1=O. The minimum atomic E-state index is -0.480. The van der Waals surface area contributed by atoms with E-state index in [2.05, 4.69) is 10.6 Å². The molecule has 1 aliphatic heterocycles. The van der Waals surface area contributed by atoms with Crippen LogP contribution in [0.1, 0.15) is 25.8 Å². The molecule has 0 aliphatic carbocycles. The molecular weight excluding hydrogens is 252 g/mol. The maximum atomic E-state index is 12.1. The Morgan fingerprint density at radius 1 is 1.10 bits per heavy atom. The van der Waals surface area contributed by atoms with E-state index >= 15 is 0 Å². The molecule has 1 heterocycles. The van der Waals surface area contributed by atoms with Crippen LogP contribution in [0, 0.1) is 0 Å². The fourth-order valence-corrected chi connectivity index (χ4v) is 2.25. The van der Waals surface area contributed by atoms with Crippen molar-refractivity contribution in [3.05, 3.63) is 47.5 Å². The lowest BCUT2D eigenvalue weighted by Gasteiger charge is -2.29. The first kappa shape index (κ1) is 14.3. The van der Waals surface area contributed by atoms with E-state index in [1.165, 1.54) is 0 Å². The second kappa shape index (κ2) is 6.37. The first-order chi connectivity index (χ1) is 9.60. The zero-order valence-corrected chi connectivity index (χ0v) is 11.8. The third-order valence-corrected chi connectivity index (χ3v) is 3.57. The van der Waals surface area contributed by atoms with Gasteiger partial charge in [0.1, 0.15) is 12.1 Å². The van der Waals surface area contributed by atoms with Gasteiger partial charge in [-0.3, -0.25) is 9.59 Å². The van der Waals surface area contributed by atoms with Crippen LogP contribution in [-0.2, 0) is 16.0 Å². The molecule has 1 aromatic carbocycles. The summed E-state index contributed by atoms with van der Waals surface area (Å²) in [4.78, 5) is 24.1. The van der Waals surface area contributed by atoms with Gasteiger partial charge in [-0.1, -0.05) is 42.0 Å². The molecule has 0 spiro atoms. The topological polar surface area (TPSA) is 58.2 Å². The monoisotopic (exact) mass is 272 g/mol. The molecule has 2 atom stereocenters. The number of carbonyl (C=O) groups is 2. The Morgan fingerprint density at radius 2 is 1.70 bits per heavy atom. The predicted molar refractivity (Wildman–Crippen MR) is 78.1 cm³/mol. The highest BCUT2D eigenvalue weighted by molar-refractivity contribution is 5.97. The van der Waals surface area contributed by atoms with Gasteiger partial charge in [0.15, 0.2) is 0 Å². The van der Waals surface area contributed by atoms with Crippen molar-refractivity contribution in [3.8, 4) is 0 Å². The molecule has 2 rings (SSSR count). The maximum absolute atomic E-state index is 12.1. The highest BCUT2D eigenvalue weighted by atomic mass is 16.2. The Morgan fingerprint density at radius 3 is 2.35 bits per heavy atom. The molecule has 0 saturated carbocycles. The van der Waals surface area contributed by atoms with Crippen LogP contribution in [0.4, 0.5) is 0 Å². The van der Waals surface area contributed by atoms with Crippen LogP contribution in [0.5, 0.6) is 0 Å². The standard InChI is InChI=1S/C16H20N2O2/c1-3-11(2)9-13-15(19)18-14(16(20)17-13)10-12-7-5-4-6-8-12/h3-8,13-14H,9-10H2,1-2H3,(H,17,20)(H,18,19)/b11-3+. The quantitative estimate of drug-likeness (QED) is 0.817. The van der Waals surface area contributed by atoms with Crippen LogP contribution in [0.2, 0.25) is 0 Å². The third-order valence-electron chi connectivity index (χ3n) is 3.57. The molecule has 20 heavy (non-hydrogen) atoms. The highest BCUT2D eigenvalue weighted by Gasteiger charge is 2.33. The largest absolute Gasteiger partial charge is 0.342 e. The summed E-state index contributed by atoms with van der Waals surface area (Å²) in [6.07, 6.45) is 3.04. The molecule has 2 amide bonds. The van der Waals surface area contributed by atoms with Crippen molar-refractivity contribution in [2.75, 3.05) is 0 Å². The van der Waals surface area contributed by atoms with E-state index in [0.29, 0.717) is 12.8 Å². The number of allylic oxidation sites excluding steroid dienone is 1. The maximum Gasteiger partial charge on any atom is 0.243 e. The molecule has 0 bridgehead atoms. The summed E-state index contributed by atoms with van der Waals surface area (Å²) in [5.41, 5.74) is 2.13. The van der Waals surface area contributed by atoms with Crippen LogP contribution >= 0.6 is 0 Å². The smallest absolute Gasteiger partial charge is 0.243 e. The van der Waals surface area contributed by atoms with Crippen molar-refractivity contribution in [3.63, 3.8) is 0 Å². The first-order valence-corrected chi connectivity index (χ1v) is 6.86. The van der Waals surface area contributed by atoms with E-state index in [9.17, 15) is 9.59 Å². The molecular formula is C16H20N2O2. The zero-order chi connectivity index (χ0) is 14.5. The van der Waals surface area contributed by atoms with Crippen molar-refractivity contribution < 1.29 is 9.59 Å². The van der Waals surface area contributed by atoms with E-state index in [0.717, 1.165) is 11.1 Å². The fourth-order valence-electron chi connectivity index (χ4n) is 2.25. The average Bonchev–Trinajstić information content (AvgIpc) is 2.45. The summed E-state index contributed by atoms with van der Waals surface area (Å²) in [5.74, 6) is -0.214. The lowest BCUT2D eigenvalue weighted by Crippen LogP contribution is -2.62. The number of hydrogen-bond acceptors (Lipinski definition) is 2. The normalized spacial score (nSPS) is 23.2. The summed E-state index contributed by atoms with van der Waals surface area (Å²) in [6, 6.07) is 8.76. The Kier molecular flexibility index (Phi) is 4.56. The molecule has 0 radical (unpaired) electrons. The van der Waals surface area contributed by atoms with E-state index < -0.39 is 12.1 Å². The van der Waals surface area contributed by atoms with Crippen molar-refractivity contribution in [1.82, 2.24) is 10.6 Å². The molecule has 2 N–H and O–H groups in total. The number of benzene rings is 1. The Balaban J connectivity index is 2.00. The minimum Gasteiger partial charge on any atom is -0.342 e. The number of rotatable bonds is 4. The van der Waals surface area contributed by atoms with Crippen LogP contribution in [-0.4, -0.2) is 23.9 Å². The van der Waals surface area contributed by atoms with Gasteiger partial charge in [-0.15, -0.1) is 0 Å². The number of carbonyl (C=O) groups excluding carboxylic acids is 2. The van der Waals surface area contributed by atoms with E-state index in [-0.39, 0.29) is 11.8 Å². The minimum absolute atomic E-state index is 0.105. The third kappa shape index (κ3) is 3.47. The lowest BCUT2D eigenvalue weighted by molar-refractivity contribution is -0.136. The van der Waals surface area contributed by atoms with Crippen LogP contribution < -0.4 is 10.6 Å². The van der Waals surface area contributed by atoms with E-state index in [4.69, 9.17) is 0 Å². The molecule has 1 aliphatic rings. The van der Waals surface area contributed by atoms with Gasteiger partial charge in [-0.05, 0) is 25.8 Å². The molecule has 4 heteroatoms. The zero-order valence-electron chi connectivity index (χ0n) is 11.8. The van der Waals surface area contributed by atoms with Gasteiger partial charge < -0.3 is 10.6 Å². The molecule has 1 fully saturated rings. The van der Waals surface area contributed by atoms with Crippen molar-refractivity contribution in [2.45, 2.75) is 38.8 Å². The Labute approximate surface area is 119 Å². The van der Waals surface area contributed by atoms with Gasteiger partial charge in [-0.2, -0.15) is 0 Å². The Bertz CT molecular complexity index is 523. The molecule has 2 unspecified atom stereocenters. The summed E-state index contributed by atoms with van der Waals surface area (Å²) in [7, 11) is 0. The Hall–Kier alpha value is -2.10. The number of amides is 2. The van der Waals surface area contributed by atoms with Crippen molar-refractivity contribution >= 4 is 11.8 Å². The molecule has 0 aromatic heterocycles. The van der Waals surface area contributed by atoms with Crippen molar-refractivity contribution in [2.24, 2.45) is 0 Å². The van der Waals surface area contributed by atoms with E-state index in [1.807, 2.05) is 50.3 Å². The lowest BCUT2D eigenvalue weighted by atomic mass is 9.99. The second-order valence-corrected chi connectivity index (χ2v) is 5.15. The van der Waals surface area contributed by atoms with Crippen LogP contribution in [0.25, 0.3) is 0 Å². The fraction of sp³-hybridized carbons (Fsp3) is 0.375. The number of hydrogen-bond donors (Lipinski definition) is 2. The molecule has 1 aromatic rings. The van der Waals surface area contributed by atoms with Gasteiger partial charge in [0, 0.05) is 6.42 Å². The summed E-state index contributed by atoms with van der Waals surface area (Å²) < 4.78 is 0. The first-order valence-electron chi connectivity index (χ1n) is 6.86. The number of piperazine rings is 1. The second-order valence-electron chi connectivity index (χ2n) is 5.15. The van der Waals surface area contributed by atoms with Crippen molar-refractivity contribution in [1.29, 1.82) is 0 Å².